The van der Waals surface area contributed by atoms with Crippen LogP contribution in [0.25, 0.3) is 0 Å². The first kappa shape index (κ1) is 30.8. The summed E-state index contributed by atoms with van der Waals surface area (Å²) in [6, 6.07) is 0. The third-order valence-corrected chi connectivity index (χ3v) is 14.7. The van der Waals surface area contributed by atoms with E-state index in [2.05, 4.69) is 0 Å². The molecule has 1 atom stereocenters. The highest BCUT2D eigenvalue weighted by molar-refractivity contribution is 8.34. The van der Waals surface area contributed by atoms with Crippen LogP contribution in [0.3, 0.4) is 0 Å². The molecule has 0 aromatic rings. The van der Waals surface area contributed by atoms with Crippen LogP contribution in [0.15, 0.2) is 0 Å². The molecule has 3 rings (SSSR count). The van der Waals surface area contributed by atoms with Crippen molar-refractivity contribution in [2.75, 3.05) is 0 Å². The van der Waals surface area contributed by atoms with E-state index in [1.54, 1.807) is 0 Å². The van der Waals surface area contributed by atoms with Crippen molar-refractivity contribution < 1.29 is 56.4 Å². The van der Waals surface area contributed by atoms with Gasteiger partial charge in [-0.2, -0.15) is 47.9 Å². The Hall–Kier alpha value is -0.700. The highest BCUT2D eigenvalue weighted by atomic mass is 32.3. The molecular weight excluding hydrogens is 563 g/mol. The van der Waals surface area contributed by atoms with E-state index >= 15 is 0 Å². The minimum Gasteiger partial charge on any atom is -0.298 e. The van der Waals surface area contributed by atoms with Gasteiger partial charge in [0.1, 0.15) is 5.78 Å². The average molecular weight is 595 g/mol. The Morgan fingerprint density at radius 1 is 0.622 bits per heavy atom. The molecule has 0 radical (unpaired) electrons. The van der Waals surface area contributed by atoms with Crippen LogP contribution in [0, 0.1) is 0 Å². The van der Waals surface area contributed by atoms with Crippen molar-refractivity contribution in [2.24, 2.45) is 0 Å². The molecule has 0 aromatic heterocycles. The van der Waals surface area contributed by atoms with E-state index in [0.29, 0.717) is 51.4 Å². The van der Waals surface area contributed by atoms with Gasteiger partial charge in [-0.05, 0) is 38.5 Å². The second-order valence-corrected chi connectivity index (χ2v) is 15.4. The Bertz CT molecular complexity index is 907. The molecule has 0 aromatic carbocycles. The van der Waals surface area contributed by atoms with Gasteiger partial charge in [-0.25, -0.2) is 3.63 Å². The molecule has 1 unspecified atom stereocenters. The molecule has 0 aliphatic heterocycles. The smallest absolute Gasteiger partial charge is 0.298 e. The van der Waals surface area contributed by atoms with Crippen molar-refractivity contribution in [3.8, 4) is 0 Å². The van der Waals surface area contributed by atoms with E-state index in [1.165, 1.54) is 0 Å². The van der Waals surface area contributed by atoms with Crippen molar-refractivity contribution in [1.82, 2.24) is 0 Å². The molecule has 3 fully saturated rings. The van der Waals surface area contributed by atoms with Gasteiger partial charge in [0.15, 0.2) is 0 Å². The molecule has 0 amide bonds. The van der Waals surface area contributed by atoms with E-state index in [4.69, 9.17) is 3.63 Å². The molecule has 0 saturated heterocycles. The summed E-state index contributed by atoms with van der Waals surface area (Å²) in [5.74, 6) is -15.2. The van der Waals surface area contributed by atoms with Gasteiger partial charge in [-0.15, -0.1) is 10.3 Å². The SMILES string of the molecule is O=C1CCCCC1S(OS(=O)(=O)C(F)(F)C(F)(F)C(F)(F)C(F)(F)F)(C1CCCCC1)C1CCCCC1. The van der Waals surface area contributed by atoms with Crippen LogP contribution in [0.4, 0.5) is 39.5 Å². The Kier molecular flexibility index (Phi) is 8.92. The standard InChI is InChI=1S/C22H31F9O4S2/c23-19(24,21(27,28)29)20(25,26)22(30,31)37(33,34)35-36(15-9-3-1-4-10-15,16-11-5-2-6-12-16)18-14-8-7-13-17(18)32/h15-16,18H,1-14H2. The molecular formula is C22H31F9O4S2. The summed E-state index contributed by atoms with van der Waals surface area (Å²) in [6.45, 7) is 0. The van der Waals surface area contributed by atoms with Crippen molar-refractivity contribution in [3.05, 3.63) is 0 Å². The number of Topliss-reactive ketones (excluding diaryl/α,β-unsaturated/α-hetero) is 1. The van der Waals surface area contributed by atoms with Crippen molar-refractivity contribution in [1.29, 1.82) is 0 Å². The number of alkyl halides is 9. The van der Waals surface area contributed by atoms with Gasteiger partial charge in [0.2, 0.25) is 0 Å². The summed E-state index contributed by atoms with van der Waals surface area (Å²) in [5, 5.41) is -9.65. The van der Waals surface area contributed by atoms with Gasteiger partial charge in [-0.1, -0.05) is 44.9 Å². The lowest BCUT2D eigenvalue weighted by atomic mass is 9.98. The highest BCUT2D eigenvalue weighted by Crippen LogP contribution is 2.71. The van der Waals surface area contributed by atoms with Gasteiger partial charge in [0.25, 0.3) is 0 Å². The maximum Gasteiger partial charge on any atom is 0.460 e. The summed E-state index contributed by atoms with van der Waals surface area (Å²) < 4.78 is 154. The van der Waals surface area contributed by atoms with E-state index in [0.717, 1.165) is 0 Å². The molecule has 3 aliphatic carbocycles. The molecule has 4 nitrogen and oxygen atoms in total. The number of carbonyl (C=O) groups is 1. The fraction of sp³-hybridized carbons (Fsp3) is 0.955. The quantitative estimate of drug-likeness (QED) is 0.271. The monoisotopic (exact) mass is 594 g/mol. The molecule has 0 N–H and O–H groups in total. The molecule has 0 bridgehead atoms. The lowest BCUT2D eigenvalue weighted by Gasteiger charge is -2.57. The fourth-order valence-electron chi connectivity index (χ4n) is 5.82. The third kappa shape index (κ3) is 5.26. The molecule has 0 spiro atoms. The topological polar surface area (TPSA) is 60.4 Å². The Labute approximate surface area is 211 Å². The van der Waals surface area contributed by atoms with Crippen LogP contribution >= 0.6 is 10.3 Å². The predicted octanol–water partition coefficient (Wildman–Crippen LogP) is 7.66. The summed E-state index contributed by atoms with van der Waals surface area (Å²) in [5.41, 5.74) is 0. The third-order valence-electron chi connectivity index (χ3n) is 7.73. The van der Waals surface area contributed by atoms with Crippen molar-refractivity contribution in [3.63, 3.8) is 0 Å². The van der Waals surface area contributed by atoms with Crippen LogP contribution in [-0.2, 0) is 18.5 Å². The number of rotatable bonds is 8. The summed E-state index contributed by atoms with van der Waals surface area (Å²) in [4.78, 5) is 13.1. The van der Waals surface area contributed by atoms with Crippen LogP contribution < -0.4 is 0 Å². The average Bonchev–Trinajstić information content (AvgIpc) is 2.83. The van der Waals surface area contributed by atoms with E-state index in [-0.39, 0.29) is 38.5 Å². The van der Waals surface area contributed by atoms with Crippen LogP contribution in [0.5, 0.6) is 0 Å². The maximum atomic E-state index is 14.8. The van der Waals surface area contributed by atoms with Crippen LogP contribution in [-0.4, -0.2) is 53.2 Å². The number of halogens is 9. The van der Waals surface area contributed by atoms with E-state index in [1.807, 2.05) is 0 Å². The molecule has 3 saturated carbocycles. The van der Waals surface area contributed by atoms with Crippen molar-refractivity contribution >= 4 is 26.2 Å². The predicted molar refractivity (Wildman–Crippen MR) is 120 cm³/mol. The van der Waals surface area contributed by atoms with Gasteiger partial charge in [-0.3, -0.25) is 4.79 Å². The molecule has 3 aliphatic rings. The first-order valence-electron chi connectivity index (χ1n) is 12.4. The van der Waals surface area contributed by atoms with E-state index < -0.39 is 65.2 Å². The molecule has 218 valence electrons. The summed E-state index contributed by atoms with van der Waals surface area (Å²) in [7, 11) is -10.6. The largest absolute Gasteiger partial charge is 0.460 e. The zero-order valence-corrected chi connectivity index (χ0v) is 21.6. The first-order valence-corrected chi connectivity index (χ1v) is 15.6. The minimum absolute atomic E-state index is 0.0129. The van der Waals surface area contributed by atoms with Crippen molar-refractivity contribution in [2.45, 2.75) is 129 Å². The Morgan fingerprint density at radius 2 is 1.05 bits per heavy atom. The Morgan fingerprint density at radius 3 is 1.46 bits per heavy atom. The van der Waals surface area contributed by atoms with E-state index in [9.17, 15) is 52.7 Å². The number of ketones is 1. The zero-order chi connectivity index (χ0) is 27.9. The van der Waals surface area contributed by atoms with Crippen LogP contribution in [0.1, 0.15) is 89.9 Å². The zero-order valence-electron chi connectivity index (χ0n) is 20.0. The number of hydrogen-bond donors (Lipinski definition) is 0. The first-order chi connectivity index (χ1) is 16.9. The molecule has 0 heterocycles. The second kappa shape index (κ2) is 10.7. The second-order valence-electron chi connectivity index (χ2n) is 10.1. The van der Waals surface area contributed by atoms with Gasteiger partial charge >= 0.3 is 33.4 Å². The van der Waals surface area contributed by atoms with Crippen LogP contribution in [0.2, 0.25) is 0 Å². The molecule has 37 heavy (non-hydrogen) atoms. The normalized spacial score (nSPS) is 25.3. The number of hydrogen-bond acceptors (Lipinski definition) is 4. The fourth-order valence-corrected chi connectivity index (χ4v) is 13.8. The lowest BCUT2D eigenvalue weighted by Crippen LogP contribution is -2.63. The highest BCUT2D eigenvalue weighted by Gasteiger charge is 2.86. The summed E-state index contributed by atoms with van der Waals surface area (Å²) in [6.07, 6.45) is -1.72. The van der Waals surface area contributed by atoms with Gasteiger partial charge in [0.05, 0.1) is 5.25 Å². The number of carbonyl (C=O) groups excluding carboxylic acids is 1. The van der Waals surface area contributed by atoms with Gasteiger partial charge in [0, 0.05) is 16.9 Å². The van der Waals surface area contributed by atoms with Gasteiger partial charge < -0.3 is 0 Å². The maximum absolute atomic E-state index is 14.8. The Balaban J connectivity index is 2.17. The lowest BCUT2D eigenvalue weighted by molar-refractivity contribution is -0.382. The minimum atomic E-state index is -7.37. The summed E-state index contributed by atoms with van der Waals surface area (Å²) >= 11 is 0. The molecule has 15 heteroatoms.